The first-order valence-corrected chi connectivity index (χ1v) is 9.07. The van der Waals surface area contributed by atoms with Crippen molar-refractivity contribution in [3.8, 4) is 0 Å². The number of carboxylic acid groups (broad SMARTS) is 2. The predicted molar refractivity (Wildman–Crippen MR) is 100 cm³/mol. The van der Waals surface area contributed by atoms with E-state index >= 15 is 0 Å². The van der Waals surface area contributed by atoms with Crippen LogP contribution in [0.4, 0.5) is 0 Å². The molecule has 0 aliphatic heterocycles. The molecule has 0 aliphatic carbocycles. The molecule has 0 aliphatic rings. The number of aliphatic hydroxyl groups is 1. The molecule has 0 saturated heterocycles. The van der Waals surface area contributed by atoms with E-state index in [2.05, 4.69) is 16.0 Å². The maximum absolute atomic E-state index is 12.4. The molecule has 12 nitrogen and oxygen atoms in total. The number of rotatable bonds is 12. The lowest BCUT2D eigenvalue weighted by Crippen LogP contribution is -2.57. The lowest BCUT2D eigenvalue weighted by Gasteiger charge is -2.24. The topological polar surface area (TPSA) is 208 Å². The molecule has 5 atom stereocenters. The van der Waals surface area contributed by atoms with Crippen molar-refractivity contribution in [1.29, 1.82) is 0 Å². The number of carbonyl (C=O) groups excluding carboxylic acids is 3. The Morgan fingerprint density at radius 3 is 1.83 bits per heavy atom. The van der Waals surface area contributed by atoms with Gasteiger partial charge in [0.05, 0.1) is 6.10 Å². The molecule has 29 heavy (non-hydrogen) atoms. The first-order chi connectivity index (χ1) is 13.3. The Balaban J connectivity index is 5.13. The van der Waals surface area contributed by atoms with Gasteiger partial charge in [0.2, 0.25) is 17.7 Å². The van der Waals surface area contributed by atoms with E-state index < -0.39 is 72.3 Å². The van der Waals surface area contributed by atoms with E-state index in [1.165, 1.54) is 13.8 Å². The van der Waals surface area contributed by atoms with Crippen molar-refractivity contribution in [2.45, 2.75) is 70.8 Å². The van der Waals surface area contributed by atoms with Crippen molar-refractivity contribution in [1.82, 2.24) is 16.0 Å². The van der Waals surface area contributed by atoms with Crippen LogP contribution in [0, 0.1) is 5.92 Å². The molecule has 0 heterocycles. The average molecular weight is 418 g/mol. The number of carboxylic acids is 2. The van der Waals surface area contributed by atoms with Gasteiger partial charge in [0.15, 0.2) is 0 Å². The van der Waals surface area contributed by atoms with Crippen molar-refractivity contribution in [2.75, 3.05) is 0 Å². The molecule has 0 spiro atoms. The summed E-state index contributed by atoms with van der Waals surface area (Å²) in [5.74, 6) is -5.31. The Bertz CT molecular complexity index is 623. The van der Waals surface area contributed by atoms with Gasteiger partial charge < -0.3 is 37.0 Å². The van der Waals surface area contributed by atoms with Crippen molar-refractivity contribution in [3.63, 3.8) is 0 Å². The van der Waals surface area contributed by atoms with E-state index in [1.807, 2.05) is 0 Å². The van der Waals surface area contributed by atoms with Crippen LogP contribution < -0.4 is 21.7 Å². The van der Waals surface area contributed by atoms with E-state index in [9.17, 15) is 29.1 Å². The summed E-state index contributed by atoms with van der Waals surface area (Å²) in [5.41, 5.74) is 5.50. The van der Waals surface area contributed by atoms with Crippen molar-refractivity contribution < 1.29 is 39.3 Å². The molecule has 3 amide bonds. The Kier molecular flexibility index (Phi) is 10.8. The van der Waals surface area contributed by atoms with Crippen LogP contribution in [0.5, 0.6) is 0 Å². The van der Waals surface area contributed by atoms with E-state index in [0.29, 0.717) is 0 Å². The van der Waals surface area contributed by atoms with Crippen LogP contribution >= 0.6 is 0 Å². The fourth-order valence-corrected chi connectivity index (χ4v) is 2.19. The number of aliphatic carboxylic acids is 2. The number of hydrogen-bond acceptors (Lipinski definition) is 7. The summed E-state index contributed by atoms with van der Waals surface area (Å²) < 4.78 is 0. The van der Waals surface area contributed by atoms with Gasteiger partial charge in [-0.1, -0.05) is 13.8 Å². The Morgan fingerprint density at radius 1 is 0.862 bits per heavy atom. The molecule has 0 rings (SSSR count). The average Bonchev–Trinajstić information content (AvgIpc) is 2.60. The number of carbonyl (C=O) groups is 5. The van der Waals surface area contributed by atoms with Crippen molar-refractivity contribution in [3.05, 3.63) is 0 Å². The summed E-state index contributed by atoms with van der Waals surface area (Å²) in [7, 11) is 0. The summed E-state index contributed by atoms with van der Waals surface area (Å²) in [6, 6.07) is -4.97. The lowest BCUT2D eigenvalue weighted by molar-refractivity contribution is -0.143. The number of hydrogen-bond donors (Lipinski definition) is 7. The fraction of sp³-hybridized carbons (Fsp3) is 0.706. The van der Waals surface area contributed by atoms with Gasteiger partial charge in [-0.25, -0.2) is 4.79 Å². The van der Waals surface area contributed by atoms with Crippen LogP contribution in [0.1, 0.15) is 40.5 Å². The van der Waals surface area contributed by atoms with Crippen LogP contribution in [-0.2, 0) is 24.0 Å². The third kappa shape index (κ3) is 9.34. The summed E-state index contributed by atoms with van der Waals surface area (Å²) in [5, 5.41) is 34.2. The molecule has 0 aromatic carbocycles. The molecule has 0 radical (unpaired) electrons. The number of aliphatic hydroxyl groups excluding tert-OH is 1. The van der Waals surface area contributed by atoms with Crippen LogP contribution in [0.3, 0.4) is 0 Å². The van der Waals surface area contributed by atoms with Gasteiger partial charge in [-0.3, -0.25) is 19.2 Å². The van der Waals surface area contributed by atoms with E-state index in [4.69, 9.17) is 15.9 Å². The summed E-state index contributed by atoms with van der Waals surface area (Å²) in [6.45, 7) is 5.79. The SMILES string of the molecule is CC(NC(=O)C(CCC(=O)O)NC(=O)C(N)C(C)O)C(=O)NC(C(=O)O)C(C)C. The fourth-order valence-electron chi connectivity index (χ4n) is 2.19. The van der Waals surface area contributed by atoms with Gasteiger partial charge in [0.25, 0.3) is 0 Å². The zero-order valence-electron chi connectivity index (χ0n) is 16.8. The minimum absolute atomic E-state index is 0.280. The molecular weight excluding hydrogens is 388 g/mol. The second-order valence-corrected chi connectivity index (χ2v) is 7.06. The maximum Gasteiger partial charge on any atom is 0.326 e. The molecular formula is C17H30N4O8. The largest absolute Gasteiger partial charge is 0.481 e. The summed E-state index contributed by atoms with van der Waals surface area (Å²) >= 11 is 0. The van der Waals surface area contributed by atoms with E-state index in [-0.39, 0.29) is 6.42 Å². The third-order valence-corrected chi connectivity index (χ3v) is 4.08. The zero-order chi connectivity index (χ0) is 22.9. The van der Waals surface area contributed by atoms with Gasteiger partial charge in [-0.05, 0) is 26.2 Å². The Labute approximate surface area is 168 Å². The predicted octanol–water partition coefficient (Wildman–Crippen LogP) is -2.23. The van der Waals surface area contributed by atoms with Crippen molar-refractivity contribution >= 4 is 29.7 Å². The second-order valence-electron chi connectivity index (χ2n) is 7.06. The first kappa shape index (κ1) is 26.3. The van der Waals surface area contributed by atoms with Gasteiger partial charge in [0.1, 0.15) is 24.2 Å². The first-order valence-electron chi connectivity index (χ1n) is 9.07. The number of nitrogens with two attached hydrogens (primary N) is 1. The molecule has 5 unspecified atom stereocenters. The highest BCUT2D eigenvalue weighted by Gasteiger charge is 2.30. The van der Waals surface area contributed by atoms with Gasteiger partial charge in [-0.15, -0.1) is 0 Å². The standard InChI is InChI=1S/C17H30N4O8/c1-7(2)13(17(28)29)21-14(25)8(3)19-15(26)10(5-6-11(23)24)20-16(27)12(18)9(4)22/h7-10,12-13,22H,5-6,18H2,1-4H3,(H,19,26)(H,20,27)(H,21,25)(H,23,24)(H,28,29). The van der Waals surface area contributed by atoms with Gasteiger partial charge in [0, 0.05) is 6.42 Å². The monoisotopic (exact) mass is 418 g/mol. The number of amides is 3. The van der Waals surface area contributed by atoms with E-state index in [1.54, 1.807) is 13.8 Å². The highest BCUT2D eigenvalue weighted by molar-refractivity contribution is 5.94. The Morgan fingerprint density at radius 2 is 1.41 bits per heavy atom. The minimum atomic E-state index is -1.33. The van der Waals surface area contributed by atoms with Crippen LogP contribution in [-0.4, -0.2) is 75.3 Å². The van der Waals surface area contributed by atoms with Gasteiger partial charge in [-0.2, -0.15) is 0 Å². The van der Waals surface area contributed by atoms with Crippen LogP contribution in [0.25, 0.3) is 0 Å². The lowest BCUT2D eigenvalue weighted by atomic mass is 10.0. The van der Waals surface area contributed by atoms with Gasteiger partial charge >= 0.3 is 11.9 Å². The third-order valence-electron chi connectivity index (χ3n) is 4.08. The molecule has 166 valence electrons. The second kappa shape index (κ2) is 12.0. The molecule has 0 fully saturated rings. The summed E-state index contributed by atoms with van der Waals surface area (Å²) in [6.07, 6.45) is -1.93. The molecule has 0 aromatic heterocycles. The molecule has 12 heteroatoms. The Hall–Kier alpha value is -2.73. The van der Waals surface area contributed by atoms with Crippen LogP contribution in [0.15, 0.2) is 0 Å². The smallest absolute Gasteiger partial charge is 0.326 e. The molecule has 8 N–H and O–H groups in total. The quantitative estimate of drug-likeness (QED) is 0.183. The zero-order valence-corrected chi connectivity index (χ0v) is 16.8. The maximum atomic E-state index is 12.4. The number of nitrogens with one attached hydrogen (secondary N) is 3. The summed E-state index contributed by atoms with van der Waals surface area (Å²) in [4.78, 5) is 58.6. The molecule has 0 saturated carbocycles. The normalized spacial score (nSPS) is 16.1. The minimum Gasteiger partial charge on any atom is -0.481 e. The van der Waals surface area contributed by atoms with Crippen LogP contribution in [0.2, 0.25) is 0 Å². The van der Waals surface area contributed by atoms with Crippen molar-refractivity contribution in [2.24, 2.45) is 11.7 Å². The van der Waals surface area contributed by atoms with E-state index in [0.717, 1.165) is 0 Å². The molecule has 0 bridgehead atoms. The molecule has 0 aromatic rings. The highest BCUT2D eigenvalue weighted by Crippen LogP contribution is 2.04. The highest BCUT2D eigenvalue weighted by atomic mass is 16.4.